The molecule has 12 rings (SSSR count). The highest BCUT2D eigenvalue weighted by Crippen LogP contribution is 2.57. The molecule has 0 saturated carbocycles. The van der Waals surface area contributed by atoms with Crippen molar-refractivity contribution in [1.82, 2.24) is 0 Å². The maximum absolute atomic E-state index is 6.38. The van der Waals surface area contributed by atoms with Crippen LogP contribution in [0.1, 0.15) is 46.5 Å². The highest BCUT2D eigenvalue weighted by atomic mass is 32.1. The van der Waals surface area contributed by atoms with Crippen molar-refractivity contribution < 1.29 is 42.6 Å². The molecule has 392 valence electrons. The third-order valence-electron chi connectivity index (χ3n) is 13.6. The van der Waals surface area contributed by atoms with E-state index >= 15 is 0 Å². The van der Waals surface area contributed by atoms with Crippen molar-refractivity contribution in [2.45, 2.75) is 46.5 Å². The summed E-state index contributed by atoms with van der Waals surface area (Å²) in [5.41, 5.74) is 9.30. The molecule has 3 aliphatic heterocycles. The summed E-state index contributed by atoms with van der Waals surface area (Å²) in [5, 5.41) is 0. The molecule has 0 radical (unpaired) electrons. The fourth-order valence-corrected chi connectivity index (χ4v) is 13.3. The molecule has 0 unspecified atom stereocenters. The second-order valence-corrected chi connectivity index (χ2v) is 21.8. The summed E-state index contributed by atoms with van der Waals surface area (Å²) in [6, 6.07) is 51.0. The average Bonchev–Trinajstić information content (AvgIpc) is 4.21. The van der Waals surface area contributed by atoms with Crippen molar-refractivity contribution in [2.75, 3.05) is 64.4 Å². The summed E-state index contributed by atoms with van der Waals surface area (Å²) in [4.78, 5) is 8.49. The fraction of sp³-hybridized carbons (Fsp3) is 0.250. The van der Waals surface area contributed by atoms with Crippen LogP contribution < -0.4 is 47.5 Å². The largest absolute Gasteiger partial charge is 0.494 e. The van der Waals surface area contributed by atoms with E-state index in [1.54, 1.807) is 34.0 Å². The number of hydrogen-bond acceptors (Lipinski definition) is 13. The SMILES string of the molecule is CCCCOc1ccc(-c2sc(-c3ccc(N(c4ccc(-c5sc(-c6ccc(OCC)cc6)c6c5OCCO6)cc4)c4ccc(-c5sc(-c6ccc(OCCCC)cc6)c6c5OCCO6)cc4)cc3)c3c2OCCO3)cc1. The van der Waals surface area contributed by atoms with E-state index < -0.39 is 0 Å². The Labute approximate surface area is 461 Å². The lowest BCUT2D eigenvalue weighted by molar-refractivity contribution is 0.175. The van der Waals surface area contributed by atoms with Crippen molar-refractivity contribution in [2.24, 2.45) is 0 Å². The third kappa shape index (κ3) is 10.4. The molecule has 0 atom stereocenters. The number of fused-ring (bicyclic) bond motifs is 3. The summed E-state index contributed by atoms with van der Waals surface area (Å²) >= 11 is 5.06. The minimum atomic E-state index is 0.490. The summed E-state index contributed by atoms with van der Waals surface area (Å²) in [7, 11) is 0. The highest BCUT2D eigenvalue weighted by molar-refractivity contribution is 7.20. The van der Waals surface area contributed by atoms with Gasteiger partial charge >= 0.3 is 0 Å². The Morgan fingerprint density at radius 2 is 0.558 bits per heavy atom. The molecule has 0 aliphatic carbocycles. The molecule has 0 N–H and O–H groups in total. The zero-order valence-corrected chi connectivity index (χ0v) is 45.8. The molecule has 0 bridgehead atoms. The van der Waals surface area contributed by atoms with Crippen molar-refractivity contribution >= 4 is 51.1 Å². The van der Waals surface area contributed by atoms with Crippen molar-refractivity contribution in [1.29, 1.82) is 0 Å². The predicted molar refractivity (Wildman–Crippen MR) is 312 cm³/mol. The number of unbranched alkanes of at least 4 members (excludes halogenated alkanes) is 2. The van der Waals surface area contributed by atoms with E-state index in [-0.39, 0.29) is 0 Å². The van der Waals surface area contributed by atoms with E-state index in [2.05, 4.69) is 128 Å². The number of nitrogens with zero attached hydrogens (tertiary/aromatic N) is 1. The first-order chi connectivity index (χ1) is 38.0. The van der Waals surface area contributed by atoms with Crippen LogP contribution in [0.25, 0.3) is 62.6 Å². The molecular weight excluding hydrogens is 1020 g/mol. The van der Waals surface area contributed by atoms with Crippen LogP contribution in [0.3, 0.4) is 0 Å². The lowest BCUT2D eigenvalue weighted by atomic mass is 10.1. The zero-order chi connectivity index (χ0) is 52.1. The van der Waals surface area contributed by atoms with Crippen molar-refractivity contribution in [3.8, 4) is 114 Å². The maximum Gasteiger partial charge on any atom is 0.180 e. The van der Waals surface area contributed by atoms with Gasteiger partial charge in [0.1, 0.15) is 56.9 Å². The Morgan fingerprint density at radius 3 is 0.792 bits per heavy atom. The fourth-order valence-electron chi connectivity index (χ4n) is 9.67. The normalized spacial score (nSPS) is 13.3. The monoisotopic (exact) mass is 1080 g/mol. The number of benzene rings is 6. The standard InChI is InChI=1S/C64H59NO9S3/c1-4-7-33-67-51-29-17-45(18-30-51)63-57-54(70-36-39-73-57)60(76-63)42-11-23-48(24-12-42)65(47-21-9-41(10-22-47)59-53-56(72-38-35-69-53)62(75-59)44-15-27-50(28-16-44)66-6-3)49-25-13-43(14-26-49)61-55-58(74-40-37-71-55)64(77-61)46-19-31-52(32-20-46)68-34-8-5-2/h9-32H,4-8,33-40H2,1-3H3. The maximum atomic E-state index is 6.38. The number of hydrogen-bond donors (Lipinski definition) is 0. The predicted octanol–water partition coefficient (Wildman–Crippen LogP) is 17.4. The Hall–Kier alpha value is -7.58. The second kappa shape index (κ2) is 22.9. The van der Waals surface area contributed by atoms with Gasteiger partial charge in [0.05, 0.1) is 49.1 Å². The quantitative estimate of drug-likeness (QED) is 0.0730. The molecule has 6 heterocycles. The summed E-state index contributed by atoms with van der Waals surface area (Å²) in [5.74, 6) is 7.29. The molecule has 10 nitrogen and oxygen atoms in total. The van der Waals surface area contributed by atoms with Gasteiger partial charge in [-0.2, -0.15) is 0 Å². The van der Waals surface area contributed by atoms with Gasteiger partial charge < -0.3 is 47.5 Å². The molecule has 13 heteroatoms. The molecular formula is C64H59NO9S3. The smallest absolute Gasteiger partial charge is 0.180 e. The Kier molecular flexibility index (Phi) is 15.0. The summed E-state index contributed by atoms with van der Waals surface area (Å²) < 4.78 is 55.8. The van der Waals surface area contributed by atoms with E-state index in [4.69, 9.17) is 42.6 Å². The first kappa shape index (κ1) is 50.2. The molecule has 3 aromatic heterocycles. The minimum absolute atomic E-state index is 0.490. The van der Waals surface area contributed by atoms with Crippen LogP contribution in [0.15, 0.2) is 146 Å². The number of ether oxygens (including phenoxy) is 9. The summed E-state index contributed by atoms with van der Waals surface area (Å²) in [6.45, 7) is 11.3. The number of anilines is 3. The highest BCUT2D eigenvalue weighted by Gasteiger charge is 2.30. The third-order valence-corrected chi connectivity index (χ3v) is 17.3. The van der Waals surface area contributed by atoms with Gasteiger partial charge in [-0.05, 0) is 162 Å². The lowest BCUT2D eigenvalue weighted by Gasteiger charge is -2.26. The molecule has 9 aromatic rings. The van der Waals surface area contributed by atoms with E-state index in [9.17, 15) is 0 Å². The van der Waals surface area contributed by atoms with Crippen molar-refractivity contribution in [3.05, 3.63) is 146 Å². The summed E-state index contributed by atoms with van der Waals surface area (Å²) in [6.07, 6.45) is 4.23. The van der Waals surface area contributed by atoms with Gasteiger partial charge in [-0.3, -0.25) is 0 Å². The van der Waals surface area contributed by atoms with Crippen LogP contribution >= 0.6 is 34.0 Å². The topological polar surface area (TPSA) is 86.3 Å². The Balaban J connectivity index is 0.891. The van der Waals surface area contributed by atoms with E-state index in [0.717, 1.165) is 157 Å². The van der Waals surface area contributed by atoms with E-state index in [1.807, 2.05) is 43.3 Å². The second-order valence-electron chi connectivity index (χ2n) is 18.7. The molecule has 77 heavy (non-hydrogen) atoms. The van der Waals surface area contributed by atoms with Crippen molar-refractivity contribution in [3.63, 3.8) is 0 Å². The molecule has 3 aliphatic rings. The van der Waals surface area contributed by atoms with Crippen LogP contribution in [0.2, 0.25) is 0 Å². The number of rotatable bonds is 19. The Morgan fingerprint density at radius 1 is 0.325 bits per heavy atom. The van der Waals surface area contributed by atoms with Gasteiger partial charge in [-0.25, -0.2) is 0 Å². The Bertz CT molecular complexity index is 3280. The molecule has 0 fully saturated rings. The van der Waals surface area contributed by atoms with E-state index in [0.29, 0.717) is 59.5 Å². The van der Waals surface area contributed by atoms with Crippen LogP contribution in [0.4, 0.5) is 17.1 Å². The van der Waals surface area contributed by atoms with Gasteiger partial charge in [-0.1, -0.05) is 63.1 Å². The van der Waals surface area contributed by atoms with Gasteiger partial charge in [-0.15, -0.1) is 34.0 Å². The lowest BCUT2D eigenvalue weighted by Crippen LogP contribution is -2.15. The van der Waals surface area contributed by atoms with Gasteiger partial charge in [0.25, 0.3) is 0 Å². The van der Waals surface area contributed by atoms with Crippen LogP contribution in [0.5, 0.6) is 51.7 Å². The molecule has 6 aromatic carbocycles. The van der Waals surface area contributed by atoms with Crippen LogP contribution in [-0.2, 0) is 0 Å². The average molecular weight is 1080 g/mol. The first-order valence-corrected chi connectivity index (χ1v) is 29.1. The van der Waals surface area contributed by atoms with Gasteiger partial charge in [0.2, 0.25) is 0 Å². The van der Waals surface area contributed by atoms with Crippen LogP contribution in [-0.4, -0.2) is 59.5 Å². The number of thiophene rings is 3. The zero-order valence-electron chi connectivity index (χ0n) is 43.4. The molecule has 0 spiro atoms. The van der Waals surface area contributed by atoms with Gasteiger partial charge in [0.15, 0.2) is 34.5 Å². The minimum Gasteiger partial charge on any atom is -0.494 e. The van der Waals surface area contributed by atoms with E-state index in [1.165, 1.54) is 0 Å². The first-order valence-electron chi connectivity index (χ1n) is 26.6. The van der Waals surface area contributed by atoms with Gasteiger partial charge in [0, 0.05) is 17.1 Å². The molecule has 0 amide bonds. The van der Waals surface area contributed by atoms with Crippen LogP contribution in [0, 0.1) is 0 Å². The molecule has 0 saturated heterocycles.